The minimum atomic E-state index is -3.92. The molecule has 446 valence electrons. The van der Waals surface area contributed by atoms with E-state index in [1.165, 1.54) is 12.1 Å². The van der Waals surface area contributed by atoms with Gasteiger partial charge in [0.25, 0.3) is 11.8 Å². The van der Waals surface area contributed by atoms with E-state index in [1.54, 1.807) is 28.9 Å². The highest BCUT2D eigenvalue weighted by Gasteiger charge is 2.27. The van der Waals surface area contributed by atoms with E-state index in [9.17, 15) is 14.1 Å². The van der Waals surface area contributed by atoms with Crippen LogP contribution in [0.1, 0.15) is 114 Å². The van der Waals surface area contributed by atoms with Crippen LogP contribution in [0.25, 0.3) is 33.8 Å². The van der Waals surface area contributed by atoms with Gasteiger partial charge in [-0.05, 0) is 158 Å². The number of nitrogens with one attached hydrogen (secondary N) is 6. The van der Waals surface area contributed by atoms with Crippen LogP contribution in [-0.4, -0.2) is 123 Å². The minimum absolute atomic E-state index is 0.0124. The third-order valence-electron chi connectivity index (χ3n) is 13.4. The van der Waals surface area contributed by atoms with E-state index in [4.69, 9.17) is 55.7 Å². The van der Waals surface area contributed by atoms with Crippen molar-refractivity contribution in [1.82, 2.24) is 39.8 Å². The van der Waals surface area contributed by atoms with E-state index >= 15 is 4.39 Å². The lowest BCUT2D eigenvalue weighted by Gasteiger charge is -2.25. The molecule has 25 heteroatoms. The summed E-state index contributed by atoms with van der Waals surface area (Å²) in [6, 6.07) is 22.1. The fourth-order valence-corrected chi connectivity index (χ4v) is 9.30. The summed E-state index contributed by atoms with van der Waals surface area (Å²) in [4.78, 5) is 34.2. The number of nitrogens with zero attached hydrogens (tertiary/aromatic N) is 7. The highest BCUT2D eigenvalue weighted by Crippen LogP contribution is 2.33. The summed E-state index contributed by atoms with van der Waals surface area (Å²) in [6.07, 6.45) is 12.4. The van der Waals surface area contributed by atoms with Gasteiger partial charge in [0.15, 0.2) is 22.9 Å². The summed E-state index contributed by atoms with van der Waals surface area (Å²) < 4.78 is 69.8. The first-order chi connectivity index (χ1) is 39.4. The third-order valence-corrected chi connectivity index (χ3v) is 14.0. The fraction of sp³-hybridized carbons (Fsp3) is 0.466. The van der Waals surface area contributed by atoms with Gasteiger partial charge in [-0.25, -0.2) is 31.8 Å². The van der Waals surface area contributed by atoms with E-state index < -0.39 is 15.9 Å². The van der Waals surface area contributed by atoms with E-state index in [2.05, 4.69) is 62.8 Å². The fourth-order valence-electron chi connectivity index (χ4n) is 8.93. The van der Waals surface area contributed by atoms with Crippen LogP contribution in [0.15, 0.2) is 85.2 Å². The Bertz CT molecular complexity index is 3440. The summed E-state index contributed by atoms with van der Waals surface area (Å²) in [6.45, 7) is 16.9. The molecular formula is C58H73Cl2F2N13O7S. The molecule has 7 aromatic rings. The average molecular weight is 1210 g/mol. The van der Waals surface area contributed by atoms with Crippen molar-refractivity contribution in [2.45, 2.75) is 116 Å². The molecule has 0 radical (unpaired) electrons. The van der Waals surface area contributed by atoms with E-state index in [-0.39, 0.29) is 43.8 Å². The largest absolute Gasteiger partial charge is 0.748 e. The lowest BCUT2D eigenvalue weighted by atomic mass is 10.0. The van der Waals surface area contributed by atoms with Gasteiger partial charge in [-0.15, -0.1) is 10.2 Å². The number of aromatic nitrogens is 7. The number of hydrogen-bond acceptors (Lipinski definition) is 15. The molecule has 4 aliphatic rings. The molecule has 20 nitrogen and oxygen atoms in total. The van der Waals surface area contributed by atoms with Crippen LogP contribution in [0.2, 0.25) is 10.3 Å². The number of carbonyl (C=O) groups is 2. The van der Waals surface area contributed by atoms with Gasteiger partial charge in [0.2, 0.25) is 0 Å². The highest BCUT2D eigenvalue weighted by molar-refractivity contribution is 7.84. The van der Waals surface area contributed by atoms with Crippen molar-refractivity contribution in [3.63, 3.8) is 0 Å². The van der Waals surface area contributed by atoms with Gasteiger partial charge in [-0.1, -0.05) is 24.3 Å². The maximum absolute atomic E-state index is 15.6. The van der Waals surface area contributed by atoms with Gasteiger partial charge in [-0.3, -0.25) is 9.59 Å². The Kier molecular flexibility index (Phi) is 20.5. The maximum atomic E-state index is 15.6. The summed E-state index contributed by atoms with van der Waals surface area (Å²) in [7, 11) is -3.92. The molecule has 2 amide bonds. The normalized spacial score (nSPS) is 15.9. The first kappa shape index (κ1) is 62.3. The SMILES string of the molecule is CC(C)(C)Nc1cc(NCC2CCOCC2)c2ncc(-c3ccc(C(=O)NC4CC4)cc3)n2n1.CC(C)(C)Nc1nn2c(-c3ccc(C(=O)NC4CC4)cc3)cnc2c(NCC2CCOCC2)c1F.CS(=O)(=O)[O-].F[n+]1c(Cl)cccc1Cl. The monoisotopic (exact) mass is 1200 g/mol. The van der Waals surface area contributed by atoms with E-state index in [0.29, 0.717) is 59.2 Å². The Morgan fingerprint density at radius 3 is 1.54 bits per heavy atom. The quantitative estimate of drug-likeness (QED) is 0.0438. The topological polar surface area (TPSA) is 246 Å². The van der Waals surface area contributed by atoms with E-state index in [0.717, 1.165) is 124 Å². The van der Waals surface area contributed by atoms with Crippen molar-refractivity contribution >= 4 is 79.4 Å². The molecule has 0 spiro atoms. The van der Waals surface area contributed by atoms with Crippen LogP contribution >= 0.6 is 23.2 Å². The van der Waals surface area contributed by atoms with Crippen molar-refractivity contribution < 1.29 is 45.7 Å². The smallest absolute Gasteiger partial charge is 0.323 e. The highest BCUT2D eigenvalue weighted by atomic mass is 35.5. The number of hydrogen-bond donors (Lipinski definition) is 6. The van der Waals surface area contributed by atoms with E-state index in [1.807, 2.05) is 73.9 Å². The molecule has 2 saturated heterocycles. The number of anilines is 4. The predicted molar refractivity (Wildman–Crippen MR) is 317 cm³/mol. The molecular weight excluding hydrogens is 1130 g/mol. The zero-order valence-corrected chi connectivity index (χ0v) is 50.0. The number of imidazole rings is 2. The Balaban J connectivity index is 0.000000176. The van der Waals surface area contributed by atoms with Crippen LogP contribution in [0, 0.1) is 17.7 Å². The number of ether oxygens (including phenoxy) is 2. The Hall–Kier alpha value is -6.76. The van der Waals surface area contributed by atoms with Gasteiger partial charge >= 0.3 is 10.3 Å². The molecule has 2 aliphatic carbocycles. The number of amides is 2. The molecule has 2 aromatic carbocycles. The van der Waals surface area contributed by atoms with Gasteiger partial charge in [0, 0.05) is 109 Å². The molecule has 7 heterocycles. The van der Waals surface area contributed by atoms with Gasteiger partial charge in [0.1, 0.15) is 11.5 Å². The molecule has 11 rings (SSSR count). The number of fused-ring (bicyclic) bond motifs is 2. The average Bonchev–Trinajstić information content (AvgIpc) is 3.26. The molecule has 2 aliphatic heterocycles. The van der Waals surface area contributed by atoms with Crippen LogP contribution in [0.5, 0.6) is 0 Å². The summed E-state index contributed by atoms with van der Waals surface area (Å²) in [5, 5.41) is 29.1. The van der Waals surface area contributed by atoms with Crippen LogP contribution < -0.4 is 36.7 Å². The van der Waals surface area contributed by atoms with Gasteiger partial charge < -0.3 is 45.9 Å². The van der Waals surface area contributed by atoms with Crippen molar-refractivity contribution in [3.8, 4) is 22.5 Å². The lowest BCUT2D eigenvalue weighted by molar-refractivity contribution is -0.840. The van der Waals surface area contributed by atoms with Crippen LogP contribution in [0.3, 0.4) is 0 Å². The van der Waals surface area contributed by atoms with Gasteiger partial charge in [-0.2, -0.15) is 0 Å². The summed E-state index contributed by atoms with van der Waals surface area (Å²) >= 11 is 10.6. The molecule has 6 N–H and O–H groups in total. The Morgan fingerprint density at radius 1 is 0.675 bits per heavy atom. The zero-order chi connectivity index (χ0) is 59.6. The third kappa shape index (κ3) is 18.6. The summed E-state index contributed by atoms with van der Waals surface area (Å²) in [5.41, 5.74) is 6.71. The predicted octanol–water partition coefficient (Wildman–Crippen LogP) is 9.99. The number of pyridine rings is 1. The Morgan fingerprint density at radius 2 is 1.11 bits per heavy atom. The van der Waals surface area contributed by atoms with Crippen LogP contribution in [-0.2, 0) is 19.6 Å². The lowest BCUT2D eigenvalue weighted by Crippen LogP contribution is -2.28. The molecule has 2 saturated carbocycles. The number of rotatable bonds is 14. The maximum Gasteiger partial charge on any atom is 0.323 e. The van der Waals surface area contributed by atoms with Crippen LogP contribution in [0.4, 0.5) is 31.9 Å². The number of carbonyl (C=O) groups excluding carboxylic acids is 2. The van der Waals surface area contributed by atoms with Crippen molar-refractivity contribution in [1.29, 1.82) is 0 Å². The summed E-state index contributed by atoms with van der Waals surface area (Å²) in [5.74, 6) is 1.44. The molecule has 0 atom stereocenters. The molecule has 4 fully saturated rings. The van der Waals surface area contributed by atoms with Crippen molar-refractivity contribution in [2.75, 3.05) is 67.0 Å². The van der Waals surface area contributed by atoms with Gasteiger partial charge in [0.05, 0.1) is 48.9 Å². The number of halogens is 4. The molecule has 5 aromatic heterocycles. The first-order valence-electron chi connectivity index (χ1n) is 27.8. The Labute approximate surface area is 492 Å². The van der Waals surface area contributed by atoms with Crippen molar-refractivity contribution in [2.24, 2.45) is 11.8 Å². The zero-order valence-electron chi connectivity index (χ0n) is 47.7. The molecule has 0 bridgehead atoms. The number of benzene rings is 2. The van der Waals surface area contributed by atoms with Crippen molar-refractivity contribution in [3.05, 3.63) is 112 Å². The standard InChI is InChI=1S/C26H33FN6O2.C26H34N6O2.C5H3Cl2FN.CH4O3S/c1-26(2,3)31-23-21(27)22(28-14-16-10-12-35-13-11-16)24-29-15-20(33(24)32-23)17-4-6-18(7-5-17)25(34)30-19-8-9-19;1-26(2,3)30-23-14-21(27-15-17-10-12-34-13-11-17)24-28-16-22(32(24)31-23)18-4-6-19(7-5-18)25(33)29-20-8-9-20;6-4-2-1-3-5(7)9(4)8;1-5(2,3)4/h4-7,15-16,19,28H,8-14H2,1-3H3,(H,30,34)(H,31,32);4-7,14,16-17,20,27H,8-13,15H2,1-3H3,(H,29,33)(H,30,31);1-3H;1H3,(H,2,3,4)/q;;+1;/p-1. The second kappa shape index (κ2) is 27.3. The molecule has 83 heavy (non-hydrogen) atoms. The first-order valence-corrected chi connectivity index (χ1v) is 30.3. The second-order valence-corrected chi connectivity index (χ2v) is 25.4. The second-order valence-electron chi connectivity index (χ2n) is 23.2. The minimum Gasteiger partial charge on any atom is -0.748 e. The molecule has 0 unspecified atom stereocenters.